The Morgan fingerprint density at radius 2 is 1.73 bits per heavy atom. The van der Waals surface area contributed by atoms with Crippen molar-refractivity contribution in [3.05, 3.63) is 42.9 Å². The van der Waals surface area contributed by atoms with Crippen LogP contribution in [0.3, 0.4) is 0 Å². The van der Waals surface area contributed by atoms with Gasteiger partial charge in [0, 0.05) is 5.92 Å². The van der Waals surface area contributed by atoms with Gasteiger partial charge in [-0.15, -0.1) is 7.05 Å². The lowest BCUT2D eigenvalue weighted by molar-refractivity contribution is -0.876. The lowest BCUT2D eigenvalue weighted by atomic mass is 9.45. The van der Waals surface area contributed by atoms with Gasteiger partial charge in [0.2, 0.25) is 0 Å². The SMILES string of the molecule is [CH2-][N+]1(C[C@H]2CC[C@@H]3C[C@H]2C3(C)C)CC(=O)O[B]OC(=O)C1.c1ccc(C2CO2)cc1. The molecule has 1 unspecified atom stereocenters. The minimum Gasteiger partial charge on any atom is -0.495 e. The first-order valence-electron chi connectivity index (χ1n) is 10.8. The molecule has 3 saturated carbocycles. The molecule has 2 heterocycles. The normalized spacial score (nSPS) is 33.2. The molecule has 0 N–H and O–H groups in total. The summed E-state index contributed by atoms with van der Waals surface area (Å²) in [5.74, 6) is 1.26. The van der Waals surface area contributed by atoms with E-state index in [2.05, 4.69) is 33.0 Å². The van der Waals surface area contributed by atoms with E-state index in [-0.39, 0.29) is 29.5 Å². The third-order valence-corrected chi connectivity index (χ3v) is 7.42. The van der Waals surface area contributed by atoms with E-state index in [4.69, 9.17) is 14.0 Å². The van der Waals surface area contributed by atoms with E-state index in [9.17, 15) is 9.59 Å². The van der Waals surface area contributed by atoms with Crippen LogP contribution in [0, 0.1) is 30.2 Å². The first-order chi connectivity index (χ1) is 14.3. The van der Waals surface area contributed by atoms with Gasteiger partial charge in [-0.1, -0.05) is 44.2 Å². The highest BCUT2D eigenvalue weighted by molar-refractivity contribution is 6.26. The number of fused-ring (bicyclic) bond motifs is 2. The summed E-state index contributed by atoms with van der Waals surface area (Å²) in [7, 11) is 4.97. The summed E-state index contributed by atoms with van der Waals surface area (Å²) in [6.45, 7) is 6.58. The van der Waals surface area contributed by atoms with Crippen molar-refractivity contribution in [1.82, 2.24) is 0 Å². The van der Waals surface area contributed by atoms with Gasteiger partial charge in [0.1, 0.15) is 6.10 Å². The Morgan fingerprint density at radius 3 is 2.27 bits per heavy atom. The number of carbonyl (C=O) groups is 2. The van der Waals surface area contributed by atoms with Crippen LogP contribution in [0.5, 0.6) is 0 Å². The van der Waals surface area contributed by atoms with Crippen molar-refractivity contribution in [2.45, 2.75) is 39.2 Å². The second-order valence-corrected chi connectivity index (χ2v) is 9.85. The molecule has 1 radical (unpaired) electrons. The van der Waals surface area contributed by atoms with Gasteiger partial charge in [0.05, 0.1) is 13.2 Å². The summed E-state index contributed by atoms with van der Waals surface area (Å²) in [6, 6.07) is 10.3. The van der Waals surface area contributed by atoms with Crippen molar-refractivity contribution in [2.24, 2.45) is 23.2 Å². The maximum atomic E-state index is 11.7. The van der Waals surface area contributed by atoms with Crippen LogP contribution in [0.25, 0.3) is 0 Å². The smallest absolute Gasteiger partial charge is 0.495 e. The van der Waals surface area contributed by atoms with Gasteiger partial charge in [-0.25, -0.2) is 9.59 Å². The predicted molar refractivity (Wildman–Crippen MR) is 111 cm³/mol. The van der Waals surface area contributed by atoms with E-state index < -0.39 is 0 Å². The zero-order valence-electron chi connectivity index (χ0n) is 17.9. The molecule has 5 fully saturated rings. The number of rotatable bonds is 3. The quantitative estimate of drug-likeness (QED) is 0.331. The average Bonchev–Trinajstić information content (AvgIpc) is 3.53. The largest absolute Gasteiger partial charge is 0.662 e. The Kier molecular flexibility index (Phi) is 5.95. The number of epoxide rings is 1. The Balaban J connectivity index is 0.000000200. The maximum Gasteiger partial charge on any atom is 0.662 e. The number of carbonyl (C=O) groups excluding carboxylic acids is 2. The highest BCUT2D eigenvalue weighted by atomic mass is 16.6. The summed E-state index contributed by atoms with van der Waals surface area (Å²) in [5.41, 5.74) is 1.69. The van der Waals surface area contributed by atoms with Gasteiger partial charge >= 0.3 is 19.6 Å². The summed E-state index contributed by atoms with van der Waals surface area (Å²) < 4.78 is 14.7. The molecule has 7 heteroatoms. The monoisotopic (exact) mass is 412 g/mol. The first kappa shape index (κ1) is 21.4. The van der Waals surface area contributed by atoms with E-state index in [1.807, 2.05) is 18.2 Å². The van der Waals surface area contributed by atoms with E-state index >= 15 is 0 Å². The van der Waals surface area contributed by atoms with Gasteiger partial charge in [-0.3, -0.25) is 0 Å². The lowest BCUT2D eigenvalue weighted by Crippen LogP contribution is -2.59. The maximum absolute atomic E-state index is 11.7. The molecule has 30 heavy (non-hydrogen) atoms. The van der Waals surface area contributed by atoms with Crippen molar-refractivity contribution in [1.29, 1.82) is 0 Å². The molecule has 5 aliphatic rings. The molecule has 1 aromatic rings. The number of quaternary nitrogens is 1. The fourth-order valence-electron chi connectivity index (χ4n) is 5.53. The second-order valence-electron chi connectivity index (χ2n) is 9.85. The Morgan fingerprint density at radius 1 is 1.10 bits per heavy atom. The molecular formula is C23H31BNO5. The van der Waals surface area contributed by atoms with E-state index in [1.165, 1.54) is 24.8 Å². The van der Waals surface area contributed by atoms with E-state index in [0.29, 0.717) is 23.4 Å². The minimum absolute atomic E-state index is 0.124. The molecule has 6 nitrogen and oxygen atoms in total. The van der Waals surface area contributed by atoms with Gasteiger partial charge in [0.15, 0.2) is 13.1 Å². The molecule has 0 amide bonds. The number of ether oxygens (including phenoxy) is 1. The summed E-state index contributed by atoms with van der Waals surface area (Å²) >= 11 is 0. The molecule has 6 rings (SSSR count). The average molecular weight is 412 g/mol. The molecule has 2 saturated heterocycles. The highest BCUT2D eigenvalue weighted by Gasteiger charge is 2.55. The van der Waals surface area contributed by atoms with E-state index in [1.54, 1.807) is 0 Å². The molecule has 2 bridgehead atoms. The van der Waals surface area contributed by atoms with Gasteiger partial charge in [-0.2, -0.15) is 0 Å². The first-order valence-corrected chi connectivity index (χ1v) is 10.8. The summed E-state index contributed by atoms with van der Waals surface area (Å²) in [4.78, 5) is 23.4. The number of nitrogens with zero attached hydrogens (tertiary/aromatic N) is 1. The van der Waals surface area contributed by atoms with Gasteiger partial charge in [0.25, 0.3) is 0 Å². The highest BCUT2D eigenvalue weighted by Crippen LogP contribution is 2.61. The molecule has 0 spiro atoms. The third kappa shape index (κ3) is 4.73. The minimum atomic E-state index is -0.390. The van der Waals surface area contributed by atoms with Crippen molar-refractivity contribution >= 4 is 19.6 Å². The van der Waals surface area contributed by atoms with Crippen LogP contribution in [0.1, 0.15) is 44.8 Å². The Hall–Kier alpha value is -1.86. The number of hydrogen-bond donors (Lipinski definition) is 0. The standard InChI is InChI=1S/C15H23BNO4.C8H8O/c1-15(2)11-5-4-10(12(15)6-11)7-17(3)8-13(18)20-16-21-14(19)9-17;1-2-4-7(5-3-1)8-6-9-8/h10-12H,3-9H2,1-2H3;1-5,8H,6H2/t10-,11-,12-;/m1./s1. The van der Waals surface area contributed by atoms with Crippen LogP contribution in [0.2, 0.25) is 0 Å². The van der Waals surface area contributed by atoms with Crippen LogP contribution in [-0.4, -0.2) is 50.3 Å². The summed E-state index contributed by atoms with van der Waals surface area (Å²) in [6.07, 6.45) is 4.10. The fraction of sp³-hybridized carbons (Fsp3) is 0.609. The van der Waals surface area contributed by atoms with Crippen LogP contribution in [-0.2, 0) is 23.6 Å². The molecule has 2 aliphatic heterocycles. The van der Waals surface area contributed by atoms with Gasteiger partial charge < -0.3 is 18.5 Å². The molecule has 0 aromatic heterocycles. The topological polar surface area (TPSA) is 65.1 Å². The Bertz CT molecular complexity index is 759. The van der Waals surface area contributed by atoms with Crippen LogP contribution < -0.4 is 0 Å². The summed E-state index contributed by atoms with van der Waals surface area (Å²) in [5, 5.41) is 0. The molecule has 4 atom stereocenters. The van der Waals surface area contributed by atoms with E-state index in [0.717, 1.165) is 26.8 Å². The predicted octanol–water partition coefficient (Wildman–Crippen LogP) is 3.06. The molecule has 161 valence electrons. The van der Waals surface area contributed by atoms with Crippen molar-refractivity contribution < 1.29 is 28.1 Å². The van der Waals surface area contributed by atoms with Crippen LogP contribution in [0.15, 0.2) is 30.3 Å². The number of hydrogen-bond acceptors (Lipinski definition) is 5. The third-order valence-electron chi connectivity index (χ3n) is 7.42. The zero-order chi connectivity index (χ0) is 21.4. The zero-order valence-corrected chi connectivity index (χ0v) is 17.9. The number of benzene rings is 1. The molecule has 3 aliphatic carbocycles. The van der Waals surface area contributed by atoms with Crippen LogP contribution >= 0.6 is 0 Å². The molecular weight excluding hydrogens is 381 g/mol. The lowest BCUT2D eigenvalue weighted by Gasteiger charge is -2.61. The van der Waals surface area contributed by atoms with Crippen molar-refractivity contribution in [2.75, 3.05) is 26.2 Å². The van der Waals surface area contributed by atoms with Crippen molar-refractivity contribution in [3.63, 3.8) is 0 Å². The fourth-order valence-corrected chi connectivity index (χ4v) is 5.53. The van der Waals surface area contributed by atoms with Crippen molar-refractivity contribution in [3.8, 4) is 0 Å². The molecule has 1 aromatic carbocycles. The van der Waals surface area contributed by atoms with Crippen LogP contribution in [0.4, 0.5) is 0 Å². The second kappa shape index (κ2) is 8.35. The van der Waals surface area contributed by atoms with Gasteiger partial charge in [-0.05, 0) is 42.1 Å². The Labute approximate surface area is 179 Å².